The lowest BCUT2D eigenvalue weighted by molar-refractivity contribution is -0.0108. The van der Waals surface area contributed by atoms with E-state index in [1.807, 2.05) is 20.8 Å². The summed E-state index contributed by atoms with van der Waals surface area (Å²) in [6, 6.07) is 0.00468. The maximum atomic E-state index is 10.9. The first-order valence-corrected chi connectivity index (χ1v) is 5.28. The Morgan fingerprint density at radius 3 is 2.50 bits per heavy atom. The summed E-state index contributed by atoms with van der Waals surface area (Å²) in [7, 11) is 0. The Hall–Kier alpha value is -0.690. The van der Waals surface area contributed by atoms with Gasteiger partial charge in [-0.05, 0) is 10.2 Å². The van der Waals surface area contributed by atoms with Crippen molar-refractivity contribution in [1.82, 2.24) is 4.90 Å². The molecule has 1 rings (SSSR count). The molecule has 1 aliphatic rings. The van der Waals surface area contributed by atoms with Crippen LogP contribution in [0.5, 0.6) is 0 Å². The van der Waals surface area contributed by atoms with E-state index >= 15 is 0 Å². The molecule has 78 valence electrons. The Kier molecular flexibility index (Phi) is 3.10. The van der Waals surface area contributed by atoms with Crippen molar-refractivity contribution in [2.75, 3.05) is 6.54 Å². The van der Waals surface area contributed by atoms with Crippen molar-refractivity contribution in [2.24, 2.45) is 11.3 Å². The molecule has 2 atom stereocenters. The predicted octanol–water partition coefficient (Wildman–Crippen LogP) is 2.37. The van der Waals surface area contributed by atoms with Crippen LogP contribution in [-0.4, -0.2) is 28.7 Å². The molecular formula is C10H14BrNO2. The molecule has 0 aromatic rings. The number of hydrogen-bond donors (Lipinski definition) is 1. The summed E-state index contributed by atoms with van der Waals surface area (Å²) in [5.74, 6) is 3.14. The molecule has 1 fully saturated rings. The molecule has 3 nitrogen and oxygen atoms in total. The number of carbonyl (C=O) groups is 1. The summed E-state index contributed by atoms with van der Waals surface area (Å²) in [5, 5.41) is 8.92. The molecular weight excluding hydrogens is 246 g/mol. The molecule has 4 heteroatoms. The fourth-order valence-electron chi connectivity index (χ4n) is 1.97. The Bertz CT molecular complexity index is 297. The highest BCUT2D eigenvalue weighted by Crippen LogP contribution is 2.37. The highest BCUT2D eigenvalue weighted by atomic mass is 79.9. The van der Waals surface area contributed by atoms with Crippen LogP contribution < -0.4 is 0 Å². The van der Waals surface area contributed by atoms with Gasteiger partial charge in [-0.15, -0.1) is 0 Å². The van der Waals surface area contributed by atoms with Crippen LogP contribution in [0.1, 0.15) is 20.8 Å². The third-order valence-electron chi connectivity index (χ3n) is 2.48. The van der Waals surface area contributed by atoms with E-state index in [0.29, 0.717) is 6.54 Å². The van der Waals surface area contributed by atoms with Crippen LogP contribution in [0.3, 0.4) is 0 Å². The standard InChI is InChI=1S/C10H14BrNO2/c1-10(2,3)8-7(4-5-11)6-12(8)9(13)14/h7-8H,6H2,1-3H3,(H,13,14). The Labute approximate surface area is 92.6 Å². The molecule has 0 spiro atoms. The first-order chi connectivity index (χ1) is 6.38. The van der Waals surface area contributed by atoms with Crippen molar-refractivity contribution >= 4 is 22.0 Å². The second-order valence-electron chi connectivity index (χ2n) is 4.59. The summed E-state index contributed by atoms with van der Waals surface area (Å²) in [4.78, 5) is 15.0. The van der Waals surface area contributed by atoms with E-state index in [2.05, 4.69) is 26.7 Å². The fourth-order valence-corrected chi connectivity index (χ4v) is 2.26. The SMILES string of the molecule is CC(C)(C)C1C(C#CBr)CN1C(=O)O. The van der Waals surface area contributed by atoms with Crippen molar-refractivity contribution < 1.29 is 9.90 Å². The van der Waals surface area contributed by atoms with E-state index in [0.717, 1.165) is 0 Å². The van der Waals surface area contributed by atoms with E-state index in [1.165, 1.54) is 4.90 Å². The van der Waals surface area contributed by atoms with E-state index in [1.54, 1.807) is 0 Å². The van der Waals surface area contributed by atoms with Crippen LogP contribution in [0.15, 0.2) is 0 Å². The van der Waals surface area contributed by atoms with E-state index in [9.17, 15) is 4.79 Å². The van der Waals surface area contributed by atoms with Gasteiger partial charge < -0.3 is 10.0 Å². The topological polar surface area (TPSA) is 40.5 Å². The number of hydrogen-bond acceptors (Lipinski definition) is 1. The van der Waals surface area contributed by atoms with Gasteiger partial charge in [0.2, 0.25) is 0 Å². The molecule has 0 saturated carbocycles. The summed E-state index contributed by atoms with van der Waals surface area (Å²) in [6.07, 6.45) is -0.849. The molecule has 1 amide bonds. The molecule has 0 radical (unpaired) electrons. The molecule has 0 bridgehead atoms. The zero-order valence-electron chi connectivity index (χ0n) is 8.54. The van der Waals surface area contributed by atoms with Gasteiger partial charge in [-0.2, -0.15) is 0 Å². The Morgan fingerprint density at radius 1 is 1.57 bits per heavy atom. The number of likely N-dealkylation sites (tertiary alicyclic amines) is 1. The normalized spacial score (nSPS) is 26.1. The molecule has 0 aromatic heterocycles. The van der Waals surface area contributed by atoms with E-state index in [4.69, 9.17) is 5.11 Å². The van der Waals surface area contributed by atoms with Crippen molar-refractivity contribution in [3.8, 4) is 10.8 Å². The second kappa shape index (κ2) is 3.82. The lowest BCUT2D eigenvalue weighted by Crippen LogP contribution is -2.63. The zero-order valence-corrected chi connectivity index (χ0v) is 10.1. The van der Waals surface area contributed by atoms with Gasteiger partial charge >= 0.3 is 6.09 Å². The molecule has 1 aliphatic heterocycles. The van der Waals surface area contributed by atoms with Crippen LogP contribution in [0.2, 0.25) is 0 Å². The summed E-state index contributed by atoms with van der Waals surface area (Å²) in [6.45, 7) is 6.64. The first kappa shape index (κ1) is 11.4. The molecule has 1 N–H and O–H groups in total. The van der Waals surface area contributed by atoms with Crippen LogP contribution >= 0.6 is 15.9 Å². The maximum Gasteiger partial charge on any atom is 0.407 e. The average Bonchev–Trinajstić information content (AvgIpc) is 1.92. The molecule has 2 unspecified atom stereocenters. The minimum absolute atomic E-state index is 0.00468. The third kappa shape index (κ3) is 2.03. The lowest BCUT2D eigenvalue weighted by atomic mass is 9.73. The molecule has 0 aliphatic carbocycles. The van der Waals surface area contributed by atoms with Crippen LogP contribution in [-0.2, 0) is 0 Å². The number of amides is 1. The highest BCUT2D eigenvalue weighted by molar-refractivity contribution is 9.12. The van der Waals surface area contributed by atoms with E-state index < -0.39 is 6.09 Å². The van der Waals surface area contributed by atoms with Gasteiger partial charge in [0.25, 0.3) is 0 Å². The smallest absolute Gasteiger partial charge is 0.407 e. The third-order valence-corrected chi connectivity index (χ3v) is 2.71. The maximum absolute atomic E-state index is 10.9. The number of carboxylic acid groups (broad SMARTS) is 1. The number of rotatable bonds is 0. The Balaban J connectivity index is 2.80. The summed E-state index contributed by atoms with van der Waals surface area (Å²) >= 11 is 3.05. The van der Waals surface area contributed by atoms with Gasteiger partial charge in [-0.1, -0.05) is 26.7 Å². The summed E-state index contributed by atoms with van der Waals surface area (Å²) < 4.78 is 0. The predicted molar refractivity (Wildman–Crippen MR) is 58.2 cm³/mol. The zero-order chi connectivity index (χ0) is 10.9. The van der Waals surface area contributed by atoms with Crippen molar-refractivity contribution in [3.63, 3.8) is 0 Å². The monoisotopic (exact) mass is 259 g/mol. The van der Waals surface area contributed by atoms with Gasteiger partial charge in [0, 0.05) is 22.5 Å². The quantitative estimate of drug-likeness (QED) is 0.679. The van der Waals surface area contributed by atoms with Crippen molar-refractivity contribution in [3.05, 3.63) is 0 Å². The number of halogens is 1. The van der Waals surface area contributed by atoms with Crippen molar-refractivity contribution in [2.45, 2.75) is 26.8 Å². The highest BCUT2D eigenvalue weighted by Gasteiger charge is 2.47. The van der Waals surface area contributed by atoms with Gasteiger partial charge in [0.15, 0.2) is 0 Å². The number of nitrogens with zero attached hydrogens (tertiary/aromatic N) is 1. The summed E-state index contributed by atoms with van der Waals surface area (Å²) in [5.41, 5.74) is -0.0574. The van der Waals surface area contributed by atoms with Gasteiger partial charge in [-0.3, -0.25) is 0 Å². The first-order valence-electron chi connectivity index (χ1n) is 4.48. The van der Waals surface area contributed by atoms with E-state index in [-0.39, 0.29) is 17.4 Å². The van der Waals surface area contributed by atoms with Crippen LogP contribution in [0.4, 0.5) is 4.79 Å². The minimum Gasteiger partial charge on any atom is -0.465 e. The van der Waals surface area contributed by atoms with Crippen LogP contribution in [0.25, 0.3) is 0 Å². The van der Waals surface area contributed by atoms with Gasteiger partial charge in [0.1, 0.15) is 0 Å². The second-order valence-corrected chi connectivity index (χ2v) is 4.99. The molecule has 1 saturated heterocycles. The molecule has 1 heterocycles. The van der Waals surface area contributed by atoms with Crippen LogP contribution in [0, 0.1) is 22.1 Å². The largest absolute Gasteiger partial charge is 0.465 e. The average molecular weight is 260 g/mol. The molecule has 14 heavy (non-hydrogen) atoms. The lowest BCUT2D eigenvalue weighted by Gasteiger charge is -2.50. The van der Waals surface area contributed by atoms with Crippen molar-refractivity contribution in [1.29, 1.82) is 0 Å². The minimum atomic E-state index is -0.849. The molecule has 0 aromatic carbocycles. The van der Waals surface area contributed by atoms with Gasteiger partial charge in [0.05, 0.1) is 12.0 Å². The fraction of sp³-hybridized carbons (Fsp3) is 0.700. The van der Waals surface area contributed by atoms with Gasteiger partial charge in [-0.25, -0.2) is 4.79 Å². The Morgan fingerprint density at radius 2 is 2.14 bits per heavy atom.